The smallest absolute Gasteiger partial charge is 0.221 e. The molecule has 0 radical (unpaired) electrons. The molecule has 0 saturated carbocycles. The lowest BCUT2D eigenvalue weighted by Crippen LogP contribution is -2.16. The van der Waals surface area contributed by atoms with E-state index < -0.39 is 22.2 Å². The zero-order valence-electron chi connectivity index (χ0n) is 19.0. The van der Waals surface area contributed by atoms with E-state index in [1.54, 1.807) is 57.6 Å². The number of anilines is 3. The van der Waals surface area contributed by atoms with Crippen LogP contribution in [-0.4, -0.2) is 37.0 Å². The monoisotopic (exact) mass is 472 g/mol. The van der Waals surface area contributed by atoms with Gasteiger partial charge in [0.25, 0.3) is 0 Å². The third-order valence-corrected chi connectivity index (χ3v) is 8.99. The van der Waals surface area contributed by atoms with Crippen molar-refractivity contribution in [2.75, 3.05) is 24.4 Å². The van der Waals surface area contributed by atoms with E-state index >= 15 is 0 Å². The van der Waals surface area contributed by atoms with Gasteiger partial charge in [-0.1, -0.05) is 31.2 Å². The maximum atomic E-state index is 12.9. The predicted molar refractivity (Wildman–Crippen MR) is 132 cm³/mol. The first kappa shape index (κ1) is 24.0. The molecule has 0 atom stereocenters. The lowest BCUT2D eigenvalue weighted by atomic mass is 9.99. The first-order chi connectivity index (χ1) is 14.9. The maximum absolute atomic E-state index is 12.9. The molecule has 2 aromatic carbocycles. The second kappa shape index (κ2) is 9.04. The Balaban J connectivity index is 2.16. The Morgan fingerprint density at radius 3 is 2.41 bits per heavy atom. The molecular weight excluding hydrogens is 443 g/mol. The molecule has 1 aromatic heterocycles. The van der Waals surface area contributed by atoms with Gasteiger partial charge < -0.3 is 15.6 Å². The van der Waals surface area contributed by atoms with Crippen LogP contribution in [0.25, 0.3) is 11.1 Å². The Labute approximate surface area is 189 Å². The average molecular weight is 473 g/mol. The number of hydrogen-bond donors (Lipinski definition) is 2. The summed E-state index contributed by atoms with van der Waals surface area (Å²) >= 11 is 0. The molecule has 32 heavy (non-hydrogen) atoms. The van der Waals surface area contributed by atoms with E-state index in [9.17, 15) is 13.0 Å². The van der Waals surface area contributed by atoms with Gasteiger partial charge in [-0.05, 0) is 62.9 Å². The second-order valence-corrected chi connectivity index (χ2v) is 13.9. The third kappa shape index (κ3) is 4.87. The van der Waals surface area contributed by atoms with Crippen molar-refractivity contribution >= 4 is 39.7 Å². The summed E-state index contributed by atoms with van der Waals surface area (Å²) in [5.41, 5.74) is 8.83. The van der Waals surface area contributed by atoms with Gasteiger partial charge >= 0.3 is 0 Å². The van der Waals surface area contributed by atoms with Gasteiger partial charge in [0.15, 0.2) is 9.84 Å². The van der Waals surface area contributed by atoms with Crippen LogP contribution in [0.5, 0.6) is 0 Å². The molecule has 9 heteroatoms. The van der Waals surface area contributed by atoms with Crippen LogP contribution in [0.2, 0.25) is 0 Å². The van der Waals surface area contributed by atoms with E-state index in [0.29, 0.717) is 23.5 Å². The van der Waals surface area contributed by atoms with Crippen molar-refractivity contribution in [1.29, 1.82) is 0 Å². The number of sulfone groups is 1. The molecule has 0 saturated heterocycles. The Morgan fingerprint density at radius 1 is 1.09 bits per heavy atom. The first-order valence-electron chi connectivity index (χ1n) is 10.4. The summed E-state index contributed by atoms with van der Waals surface area (Å²) in [6, 6.07) is 12.4. The van der Waals surface area contributed by atoms with Gasteiger partial charge in [-0.15, -0.1) is 0 Å². The standard InChI is InChI=1S/C23H29N4O3PS/c1-6-16-13-17(31(4,5)28)11-12-18(16)19-14-25-23(24)27-22(19)26-20-9-7-8-10-21(20)32(29,30)15(2)3/h7-15H,6H2,1-5H3,(H3,24,25,26,27). The van der Waals surface area contributed by atoms with Crippen LogP contribution in [0.1, 0.15) is 26.3 Å². The fourth-order valence-corrected chi connectivity index (χ4v) is 5.46. The van der Waals surface area contributed by atoms with Gasteiger partial charge in [-0.3, -0.25) is 0 Å². The van der Waals surface area contributed by atoms with Gasteiger partial charge in [0.1, 0.15) is 13.0 Å². The van der Waals surface area contributed by atoms with Crippen molar-refractivity contribution in [3.63, 3.8) is 0 Å². The molecule has 3 N–H and O–H groups in total. The Morgan fingerprint density at radius 2 is 1.78 bits per heavy atom. The van der Waals surface area contributed by atoms with Crippen LogP contribution in [0.3, 0.4) is 0 Å². The van der Waals surface area contributed by atoms with Crippen molar-refractivity contribution in [3.05, 3.63) is 54.2 Å². The number of hydrogen-bond acceptors (Lipinski definition) is 7. The highest BCUT2D eigenvalue weighted by Crippen LogP contribution is 2.38. The number of nitrogens with two attached hydrogens (primary N) is 1. The summed E-state index contributed by atoms with van der Waals surface area (Å²) in [6.07, 6.45) is 2.33. The Kier molecular flexibility index (Phi) is 6.77. The number of nitrogens with zero attached hydrogens (tertiary/aromatic N) is 2. The second-order valence-electron chi connectivity index (χ2n) is 8.25. The maximum Gasteiger partial charge on any atom is 0.221 e. The molecule has 0 fully saturated rings. The number of aromatic nitrogens is 2. The van der Waals surface area contributed by atoms with E-state index in [1.165, 1.54) is 0 Å². The van der Waals surface area contributed by atoms with Crippen LogP contribution >= 0.6 is 7.14 Å². The summed E-state index contributed by atoms with van der Waals surface area (Å²) < 4.78 is 38.3. The van der Waals surface area contributed by atoms with Gasteiger partial charge in [-0.25, -0.2) is 13.4 Å². The molecule has 7 nitrogen and oxygen atoms in total. The summed E-state index contributed by atoms with van der Waals surface area (Å²) in [6.45, 7) is 8.80. The van der Waals surface area contributed by atoms with E-state index in [2.05, 4.69) is 15.3 Å². The topological polar surface area (TPSA) is 115 Å². The quantitative estimate of drug-likeness (QED) is 0.488. The minimum absolute atomic E-state index is 0.0710. The fourth-order valence-electron chi connectivity index (χ4n) is 3.36. The number of para-hydroxylation sites is 1. The highest BCUT2D eigenvalue weighted by Gasteiger charge is 2.24. The first-order valence-corrected chi connectivity index (χ1v) is 14.5. The Hall–Kier alpha value is -2.70. The van der Waals surface area contributed by atoms with Gasteiger partial charge in [-0.2, -0.15) is 4.98 Å². The molecule has 0 aliphatic rings. The molecule has 0 spiro atoms. The fraction of sp³-hybridized carbons (Fsp3) is 0.304. The highest BCUT2D eigenvalue weighted by molar-refractivity contribution is 7.92. The number of aryl methyl sites for hydroxylation is 1. The number of rotatable bonds is 7. The van der Waals surface area contributed by atoms with Crippen molar-refractivity contribution < 1.29 is 13.0 Å². The average Bonchev–Trinajstić information content (AvgIpc) is 2.73. The highest BCUT2D eigenvalue weighted by atomic mass is 32.2. The molecule has 0 bridgehead atoms. The van der Waals surface area contributed by atoms with E-state index in [-0.39, 0.29) is 10.8 Å². The van der Waals surface area contributed by atoms with Crippen molar-refractivity contribution in [1.82, 2.24) is 9.97 Å². The number of nitrogens with one attached hydrogen (secondary N) is 1. The van der Waals surface area contributed by atoms with Gasteiger partial charge in [0.2, 0.25) is 5.95 Å². The Bertz CT molecular complexity index is 1300. The van der Waals surface area contributed by atoms with Crippen LogP contribution < -0.4 is 16.4 Å². The molecule has 0 unspecified atom stereocenters. The lowest BCUT2D eigenvalue weighted by molar-refractivity contribution is 0.587. The molecule has 1 heterocycles. The summed E-state index contributed by atoms with van der Waals surface area (Å²) in [5.74, 6) is 0.476. The van der Waals surface area contributed by atoms with Crippen LogP contribution in [-0.2, 0) is 20.8 Å². The van der Waals surface area contributed by atoms with Crippen molar-refractivity contribution in [2.24, 2.45) is 0 Å². The molecule has 0 amide bonds. The molecule has 0 aliphatic carbocycles. The van der Waals surface area contributed by atoms with Gasteiger partial charge in [0, 0.05) is 17.1 Å². The molecule has 3 rings (SSSR count). The minimum atomic E-state index is -3.52. The zero-order chi connectivity index (χ0) is 23.7. The third-order valence-electron chi connectivity index (χ3n) is 5.26. The zero-order valence-corrected chi connectivity index (χ0v) is 20.7. The largest absolute Gasteiger partial charge is 0.368 e. The van der Waals surface area contributed by atoms with Gasteiger partial charge in [0.05, 0.1) is 15.8 Å². The van der Waals surface area contributed by atoms with E-state index in [4.69, 9.17) is 5.73 Å². The number of nitrogen functional groups attached to an aromatic ring is 1. The van der Waals surface area contributed by atoms with E-state index in [1.807, 2.05) is 25.1 Å². The van der Waals surface area contributed by atoms with Crippen LogP contribution in [0.15, 0.2) is 53.6 Å². The summed E-state index contributed by atoms with van der Waals surface area (Å²) in [4.78, 5) is 8.72. The lowest BCUT2D eigenvalue weighted by Gasteiger charge is -2.18. The molecular formula is C23H29N4O3PS. The van der Waals surface area contributed by atoms with E-state index in [0.717, 1.165) is 16.4 Å². The molecule has 0 aliphatic heterocycles. The predicted octanol–water partition coefficient (Wildman–Crippen LogP) is 4.46. The normalized spacial score (nSPS) is 12.2. The van der Waals surface area contributed by atoms with Crippen molar-refractivity contribution in [2.45, 2.75) is 37.3 Å². The molecule has 3 aromatic rings. The minimum Gasteiger partial charge on any atom is -0.368 e. The van der Waals surface area contributed by atoms with Crippen LogP contribution in [0.4, 0.5) is 17.5 Å². The number of benzene rings is 2. The summed E-state index contributed by atoms with van der Waals surface area (Å²) in [5, 5.41) is 3.40. The molecule has 170 valence electrons. The van der Waals surface area contributed by atoms with Crippen LogP contribution in [0, 0.1) is 0 Å². The SMILES string of the molecule is CCc1cc(P(C)(C)=O)ccc1-c1cnc(N)nc1Nc1ccccc1S(=O)(=O)C(C)C. The van der Waals surface area contributed by atoms with Crippen molar-refractivity contribution in [3.8, 4) is 11.1 Å². The summed E-state index contributed by atoms with van der Waals surface area (Å²) in [7, 11) is -5.93.